The van der Waals surface area contributed by atoms with E-state index in [2.05, 4.69) is 18.2 Å². The summed E-state index contributed by atoms with van der Waals surface area (Å²) >= 11 is 0. The van der Waals surface area contributed by atoms with Gasteiger partial charge in [0.15, 0.2) is 0 Å². The lowest BCUT2D eigenvalue weighted by Gasteiger charge is -2.19. The molecular formula is C14H23NO. The summed E-state index contributed by atoms with van der Waals surface area (Å²) in [7, 11) is 0. The fourth-order valence-electron chi connectivity index (χ4n) is 1.90. The van der Waals surface area contributed by atoms with Crippen LogP contribution in [0.25, 0.3) is 0 Å². The molecule has 2 nitrogen and oxygen atoms in total. The molecule has 0 amide bonds. The largest absolute Gasteiger partial charge is 0.390 e. The highest BCUT2D eigenvalue weighted by atomic mass is 16.3. The molecule has 90 valence electrons. The summed E-state index contributed by atoms with van der Waals surface area (Å²) < 4.78 is 0. The molecule has 0 aromatic heterocycles. The van der Waals surface area contributed by atoms with Crippen molar-refractivity contribution < 1.29 is 5.11 Å². The van der Waals surface area contributed by atoms with Crippen LogP contribution in [0.3, 0.4) is 0 Å². The van der Waals surface area contributed by atoms with Crippen LogP contribution in [0.15, 0.2) is 24.3 Å². The lowest BCUT2D eigenvalue weighted by Crippen LogP contribution is -2.22. The molecule has 0 aliphatic carbocycles. The second kappa shape index (κ2) is 6.02. The second-order valence-electron chi connectivity index (χ2n) is 5.00. The van der Waals surface area contributed by atoms with E-state index < -0.39 is 5.60 Å². The maximum Gasteiger partial charge on any atom is 0.0632 e. The Morgan fingerprint density at radius 2 is 1.75 bits per heavy atom. The number of rotatable bonds is 6. The molecule has 0 radical (unpaired) electrons. The van der Waals surface area contributed by atoms with Gasteiger partial charge in [0.05, 0.1) is 5.60 Å². The van der Waals surface area contributed by atoms with E-state index in [9.17, 15) is 5.11 Å². The van der Waals surface area contributed by atoms with Crippen LogP contribution in [0.4, 0.5) is 0 Å². The zero-order chi connectivity index (χ0) is 12.0. The molecule has 2 heteroatoms. The van der Waals surface area contributed by atoms with Crippen LogP contribution in [0, 0.1) is 0 Å². The molecule has 0 fully saturated rings. The van der Waals surface area contributed by atoms with Crippen LogP contribution in [0.2, 0.25) is 0 Å². The standard InChI is InChI=1S/C14H23NO/c1-14(2,16)11-13-9-4-3-7-12(13)8-5-6-10-15/h3-4,7,9,16H,5-6,8,10-11,15H2,1-2H3. The van der Waals surface area contributed by atoms with Crippen LogP contribution < -0.4 is 5.73 Å². The number of benzene rings is 1. The van der Waals surface area contributed by atoms with Gasteiger partial charge in [-0.25, -0.2) is 0 Å². The summed E-state index contributed by atoms with van der Waals surface area (Å²) in [5.41, 5.74) is 7.46. The average Bonchev–Trinajstić information content (AvgIpc) is 2.19. The van der Waals surface area contributed by atoms with Crippen molar-refractivity contribution in [3.05, 3.63) is 35.4 Å². The number of aliphatic hydroxyl groups is 1. The molecule has 1 rings (SSSR count). The monoisotopic (exact) mass is 221 g/mol. The molecule has 0 bridgehead atoms. The van der Waals surface area contributed by atoms with Crippen LogP contribution in [-0.4, -0.2) is 17.3 Å². The lowest BCUT2D eigenvalue weighted by atomic mass is 9.93. The van der Waals surface area contributed by atoms with Crippen LogP contribution in [-0.2, 0) is 12.8 Å². The number of aryl methyl sites for hydroxylation is 1. The second-order valence-corrected chi connectivity index (χ2v) is 5.00. The van der Waals surface area contributed by atoms with Gasteiger partial charge in [0.25, 0.3) is 0 Å². The van der Waals surface area contributed by atoms with E-state index in [4.69, 9.17) is 5.73 Å². The van der Waals surface area contributed by atoms with E-state index in [1.165, 1.54) is 11.1 Å². The highest BCUT2D eigenvalue weighted by molar-refractivity contribution is 5.28. The zero-order valence-electron chi connectivity index (χ0n) is 10.4. The third-order valence-electron chi connectivity index (χ3n) is 2.64. The first-order valence-corrected chi connectivity index (χ1v) is 6.02. The summed E-state index contributed by atoms with van der Waals surface area (Å²) in [4.78, 5) is 0. The van der Waals surface area contributed by atoms with E-state index in [1.807, 2.05) is 19.9 Å². The maximum absolute atomic E-state index is 9.85. The lowest BCUT2D eigenvalue weighted by molar-refractivity contribution is 0.0807. The van der Waals surface area contributed by atoms with Gasteiger partial charge >= 0.3 is 0 Å². The van der Waals surface area contributed by atoms with E-state index in [0.717, 1.165) is 25.8 Å². The van der Waals surface area contributed by atoms with Crippen molar-refractivity contribution in [3.8, 4) is 0 Å². The van der Waals surface area contributed by atoms with Gasteiger partial charge in [-0.15, -0.1) is 0 Å². The van der Waals surface area contributed by atoms with Crippen molar-refractivity contribution in [2.75, 3.05) is 6.54 Å². The predicted molar refractivity (Wildman–Crippen MR) is 68.4 cm³/mol. The molecule has 0 spiro atoms. The van der Waals surface area contributed by atoms with Crippen molar-refractivity contribution in [2.45, 2.75) is 45.1 Å². The first-order valence-electron chi connectivity index (χ1n) is 6.02. The Hall–Kier alpha value is -0.860. The minimum Gasteiger partial charge on any atom is -0.390 e. The highest BCUT2D eigenvalue weighted by Crippen LogP contribution is 2.18. The van der Waals surface area contributed by atoms with Gasteiger partial charge in [-0.2, -0.15) is 0 Å². The zero-order valence-corrected chi connectivity index (χ0v) is 10.4. The van der Waals surface area contributed by atoms with Crippen molar-refractivity contribution >= 4 is 0 Å². The molecule has 0 atom stereocenters. The van der Waals surface area contributed by atoms with Gasteiger partial charge < -0.3 is 10.8 Å². The first-order chi connectivity index (χ1) is 7.53. The molecule has 0 unspecified atom stereocenters. The number of unbranched alkanes of at least 4 members (excludes halogenated alkanes) is 1. The van der Waals surface area contributed by atoms with Crippen LogP contribution >= 0.6 is 0 Å². The van der Waals surface area contributed by atoms with Gasteiger partial charge in [0, 0.05) is 6.42 Å². The Kier molecular flexibility index (Phi) is 4.97. The molecule has 0 aliphatic rings. The van der Waals surface area contributed by atoms with E-state index in [0.29, 0.717) is 6.42 Å². The van der Waals surface area contributed by atoms with Gasteiger partial charge in [0.2, 0.25) is 0 Å². The molecule has 0 saturated heterocycles. The fraction of sp³-hybridized carbons (Fsp3) is 0.571. The smallest absolute Gasteiger partial charge is 0.0632 e. The Morgan fingerprint density at radius 3 is 2.31 bits per heavy atom. The Morgan fingerprint density at radius 1 is 1.12 bits per heavy atom. The van der Waals surface area contributed by atoms with Gasteiger partial charge in [-0.1, -0.05) is 24.3 Å². The van der Waals surface area contributed by atoms with Crippen molar-refractivity contribution in [1.82, 2.24) is 0 Å². The highest BCUT2D eigenvalue weighted by Gasteiger charge is 2.15. The number of hydrogen-bond acceptors (Lipinski definition) is 2. The average molecular weight is 221 g/mol. The van der Waals surface area contributed by atoms with Crippen LogP contribution in [0.1, 0.15) is 37.8 Å². The molecule has 1 aromatic carbocycles. The fourth-order valence-corrected chi connectivity index (χ4v) is 1.90. The van der Waals surface area contributed by atoms with Crippen LogP contribution in [0.5, 0.6) is 0 Å². The Bertz CT molecular complexity index is 315. The molecule has 1 aromatic rings. The van der Waals surface area contributed by atoms with Gasteiger partial charge in [-0.3, -0.25) is 0 Å². The quantitative estimate of drug-likeness (QED) is 0.724. The summed E-state index contributed by atoms with van der Waals surface area (Å²) in [6.07, 6.45) is 3.96. The minimum absolute atomic E-state index is 0.635. The Balaban J connectivity index is 2.68. The predicted octanol–water partition coefficient (Wildman–Crippen LogP) is 2.28. The summed E-state index contributed by atoms with van der Waals surface area (Å²) in [5.74, 6) is 0. The molecule has 0 aliphatic heterocycles. The molecule has 3 N–H and O–H groups in total. The van der Waals surface area contributed by atoms with Crippen molar-refractivity contribution in [2.24, 2.45) is 5.73 Å². The molecule has 0 heterocycles. The van der Waals surface area contributed by atoms with Gasteiger partial charge in [0.1, 0.15) is 0 Å². The topological polar surface area (TPSA) is 46.2 Å². The van der Waals surface area contributed by atoms with E-state index in [-0.39, 0.29) is 0 Å². The Labute approximate surface area is 98.5 Å². The molecule has 0 saturated carbocycles. The third kappa shape index (κ3) is 4.77. The third-order valence-corrected chi connectivity index (χ3v) is 2.64. The van der Waals surface area contributed by atoms with Gasteiger partial charge in [-0.05, 0) is 50.8 Å². The minimum atomic E-state index is -0.635. The summed E-state index contributed by atoms with van der Waals surface area (Å²) in [6, 6.07) is 8.35. The molecular weight excluding hydrogens is 198 g/mol. The SMILES string of the molecule is CC(C)(O)Cc1ccccc1CCCCN. The van der Waals surface area contributed by atoms with E-state index >= 15 is 0 Å². The molecule has 16 heavy (non-hydrogen) atoms. The van der Waals surface area contributed by atoms with Crippen molar-refractivity contribution in [3.63, 3.8) is 0 Å². The summed E-state index contributed by atoms with van der Waals surface area (Å²) in [5, 5.41) is 9.85. The first kappa shape index (κ1) is 13.2. The number of hydrogen-bond donors (Lipinski definition) is 2. The maximum atomic E-state index is 9.85. The van der Waals surface area contributed by atoms with E-state index in [1.54, 1.807) is 0 Å². The normalized spacial score (nSPS) is 11.8. The van der Waals surface area contributed by atoms with Crippen molar-refractivity contribution in [1.29, 1.82) is 0 Å². The summed E-state index contributed by atoms with van der Waals surface area (Å²) in [6.45, 7) is 4.46. The number of nitrogens with two attached hydrogens (primary N) is 1.